The molecule has 0 unspecified atom stereocenters. The Morgan fingerprint density at radius 3 is 2.50 bits per heavy atom. The molecule has 1 rings (SSSR count). The minimum Gasteiger partial charge on any atom is -0.329 e. The summed E-state index contributed by atoms with van der Waals surface area (Å²) in [6.45, 7) is 4.31. The van der Waals surface area contributed by atoms with Crippen molar-refractivity contribution in [3.63, 3.8) is 0 Å². The third kappa shape index (κ3) is 3.25. The first kappa shape index (κ1) is 15.5. The molecule has 0 radical (unpaired) electrons. The number of carbonyl (C=O) groups is 1. The number of hydrogen-bond acceptors (Lipinski definition) is 2. The molecule has 3 nitrogen and oxygen atoms in total. The van der Waals surface area contributed by atoms with E-state index in [1.165, 1.54) is 0 Å². The number of nitrogens with one attached hydrogen (secondary N) is 1. The summed E-state index contributed by atoms with van der Waals surface area (Å²) in [5.41, 5.74) is 5.97. The molecule has 100 valence electrons. The van der Waals surface area contributed by atoms with E-state index in [0.717, 1.165) is 23.0 Å². The molecule has 0 bridgehead atoms. The van der Waals surface area contributed by atoms with Crippen LogP contribution in [0.15, 0.2) is 22.7 Å². The molecule has 1 aromatic rings. The summed E-state index contributed by atoms with van der Waals surface area (Å²) in [5.74, 6) is -0.0378. The monoisotopic (exact) mass is 332 g/mol. The van der Waals surface area contributed by atoms with Gasteiger partial charge in [0, 0.05) is 16.7 Å². The summed E-state index contributed by atoms with van der Waals surface area (Å²) in [7, 11) is 0. The van der Waals surface area contributed by atoms with Gasteiger partial charge >= 0.3 is 0 Å². The van der Waals surface area contributed by atoms with Gasteiger partial charge in [0.25, 0.3) is 0 Å². The van der Waals surface area contributed by atoms with E-state index >= 15 is 0 Å². The number of anilines is 1. The predicted molar refractivity (Wildman–Crippen MR) is 79.9 cm³/mol. The largest absolute Gasteiger partial charge is 0.329 e. The van der Waals surface area contributed by atoms with Crippen molar-refractivity contribution < 1.29 is 4.79 Å². The van der Waals surface area contributed by atoms with Crippen LogP contribution in [0.3, 0.4) is 0 Å². The van der Waals surface area contributed by atoms with Crippen molar-refractivity contribution in [2.75, 3.05) is 11.9 Å². The number of carbonyl (C=O) groups excluding carboxylic acids is 1. The molecule has 0 heterocycles. The van der Waals surface area contributed by atoms with E-state index in [2.05, 4.69) is 21.2 Å². The van der Waals surface area contributed by atoms with Crippen LogP contribution in [0, 0.1) is 5.41 Å². The maximum Gasteiger partial charge on any atom is 0.231 e. The molecule has 0 aliphatic carbocycles. The lowest BCUT2D eigenvalue weighted by molar-refractivity contribution is -0.125. The maximum absolute atomic E-state index is 12.3. The Hall–Kier alpha value is -0.580. The van der Waals surface area contributed by atoms with Gasteiger partial charge in [-0.25, -0.2) is 0 Å². The van der Waals surface area contributed by atoms with E-state index in [1.807, 2.05) is 13.8 Å². The van der Waals surface area contributed by atoms with Gasteiger partial charge in [-0.15, -0.1) is 0 Å². The third-order valence-corrected chi connectivity index (χ3v) is 4.62. The van der Waals surface area contributed by atoms with E-state index < -0.39 is 5.41 Å². The van der Waals surface area contributed by atoms with Crippen LogP contribution in [0.2, 0.25) is 5.02 Å². The average Bonchev–Trinajstić information content (AvgIpc) is 2.37. The Labute approximate surface area is 121 Å². The molecule has 1 amide bonds. The van der Waals surface area contributed by atoms with E-state index in [4.69, 9.17) is 17.3 Å². The molecule has 18 heavy (non-hydrogen) atoms. The lowest BCUT2D eigenvalue weighted by atomic mass is 9.81. The summed E-state index contributed by atoms with van der Waals surface area (Å²) in [6.07, 6.45) is 1.45. The summed E-state index contributed by atoms with van der Waals surface area (Å²) < 4.78 is 0.758. The molecule has 1 aromatic carbocycles. The minimum absolute atomic E-state index is 0.0378. The Kier molecular flexibility index (Phi) is 5.63. The molecule has 3 N–H and O–H groups in total. The number of amides is 1. The van der Waals surface area contributed by atoms with Gasteiger partial charge in [0.2, 0.25) is 5.91 Å². The van der Waals surface area contributed by atoms with Crippen LogP contribution in [0.5, 0.6) is 0 Å². The summed E-state index contributed by atoms with van der Waals surface area (Å²) in [5, 5.41) is 3.51. The molecule has 0 saturated heterocycles. The molecule has 0 aliphatic heterocycles. The van der Waals surface area contributed by atoms with Crippen molar-refractivity contribution in [1.29, 1.82) is 0 Å². The maximum atomic E-state index is 12.3. The van der Waals surface area contributed by atoms with Crippen LogP contribution < -0.4 is 11.1 Å². The van der Waals surface area contributed by atoms with Crippen molar-refractivity contribution in [2.24, 2.45) is 11.1 Å². The van der Waals surface area contributed by atoms with Gasteiger partial charge in [-0.1, -0.05) is 25.4 Å². The quantitative estimate of drug-likeness (QED) is 0.861. The first-order valence-electron chi connectivity index (χ1n) is 5.95. The van der Waals surface area contributed by atoms with Crippen molar-refractivity contribution in [3.8, 4) is 0 Å². The van der Waals surface area contributed by atoms with Gasteiger partial charge in [0.15, 0.2) is 0 Å². The highest BCUT2D eigenvalue weighted by Gasteiger charge is 2.33. The van der Waals surface area contributed by atoms with Crippen molar-refractivity contribution in [2.45, 2.75) is 26.7 Å². The van der Waals surface area contributed by atoms with E-state index in [1.54, 1.807) is 18.2 Å². The van der Waals surface area contributed by atoms with Crippen LogP contribution in [0.4, 0.5) is 5.69 Å². The first-order valence-corrected chi connectivity index (χ1v) is 7.12. The molecular weight excluding hydrogens is 316 g/mol. The summed E-state index contributed by atoms with van der Waals surface area (Å²) in [4.78, 5) is 12.3. The zero-order valence-electron chi connectivity index (χ0n) is 10.6. The normalized spacial score (nSPS) is 11.4. The van der Waals surface area contributed by atoms with Gasteiger partial charge in [-0.2, -0.15) is 0 Å². The van der Waals surface area contributed by atoms with Crippen molar-refractivity contribution >= 4 is 39.1 Å². The molecule has 5 heteroatoms. The highest BCUT2D eigenvalue weighted by atomic mass is 79.9. The van der Waals surface area contributed by atoms with Crippen LogP contribution in [-0.2, 0) is 4.79 Å². The molecule has 0 fully saturated rings. The number of halogens is 2. The number of hydrogen-bond donors (Lipinski definition) is 2. The van der Waals surface area contributed by atoms with Crippen LogP contribution in [0.1, 0.15) is 26.7 Å². The zero-order valence-corrected chi connectivity index (χ0v) is 12.9. The van der Waals surface area contributed by atoms with Crippen molar-refractivity contribution in [3.05, 3.63) is 27.7 Å². The first-order chi connectivity index (χ1) is 8.49. The lowest BCUT2D eigenvalue weighted by Crippen LogP contribution is -2.41. The second kappa shape index (κ2) is 6.55. The van der Waals surface area contributed by atoms with Gasteiger partial charge < -0.3 is 11.1 Å². The van der Waals surface area contributed by atoms with Crippen LogP contribution in [0.25, 0.3) is 0 Å². The number of nitrogens with two attached hydrogens (primary N) is 1. The Morgan fingerprint density at radius 1 is 1.44 bits per heavy atom. The highest BCUT2D eigenvalue weighted by molar-refractivity contribution is 9.10. The van der Waals surface area contributed by atoms with Gasteiger partial charge in [0.1, 0.15) is 0 Å². The fourth-order valence-electron chi connectivity index (χ4n) is 1.79. The molecule has 0 saturated carbocycles. The van der Waals surface area contributed by atoms with E-state index in [0.29, 0.717) is 11.6 Å². The van der Waals surface area contributed by atoms with Gasteiger partial charge in [0.05, 0.1) is 10.4 Å². The minimum atomic E-state index is -0.494. The fraction of sp³-hybridized carbons (Fsp3) is 0.462. The number of rotatable bonds is 5. The van der Waals surface area contributed by atoms with Crippen LogP contribution in [-0.4, -0.2) is 12.5 Å². The Balaban J connectivity index is 2.89. The topological polar surface area (TPSA) is 55.1 Å². The molecule has 0 atom stereocenters. The SMILES string of the molecule is CCC(CC)(CN)C(=O)Nc1ccc(Cl)c(Br)c1. The van der Waals surface area contributed by atoms with Gasteiger partial charge in [-0.3, -0.25) is 4.79 Å². The smallest absolute Gasteiger partial charge is 0.231 e. The molecule has 0 aliphatic rings. The lowest BCUT2D eigenvalue weighted by Gasteiger charge is -2.28. The van der Waals surface area contributed by atoms with Crippen LogP contribution >= 0.6 is 27.5 Å². The van der Waals surface area contributed by atoms with E-state index in [-0.39, 0.29) is 5.91 Å². The Bertz CT molecular complexity index is 425. The fourth-order valence-corrected chi connectivity index (χ4v) is 2.29. The molecule has 0 aromatic heterocycles. The van der Waals surface area contributed by atoms with Crippen molar-refractivity contribution in [1.82, 2.24) is 0 Å². The standard InChI is InChI=1S/C13H18BrClN2O/c1-3-13(4-2,8-16)12(18)17-9-5-6-11(15)10(14)7-9/h5-7H,3-4,8,16H2,1-2H3,(H,17,18). The third-order valence-electron chi connectivity index (χ3n) is 3.40. The average molecular weight is 334 g/mol. The number of benzene rings is 1. The second-order valence-corrected chi connectivity index (χ2v) is 5.54. The second-order valence-electron chi connectivity index (χ2n) is 4.27. The summed E-state index contributed by atoms with van der Waals surface area (Å²) in [6, 6.07) is 5.30. The predicted octanol–water partition coefficient (Wildman–Crippen LogP) is 3.81. The zero-order chi connectivity index (χ0) is 13.8. The summed E-state index contributed by atoms with van der Waals surface area (Å²) >= 11 is 9.24. The Morgan fingerprint density at radius 2 is 2.06 bits per heavy atom. The molecular formula is C13H18BrClN2O. The highest BCUT2D eigenvalue weighted by Crippen LogP contribution is 2.29. The van der Waals surface area contributed by atoms with E-state index in [9.17, 15) is 4.79 Å². The molecule has 0 spiro atoms. The van der Waals surface area contributed by atoms with Gasteiger partial charge in [-0.05, 0) is 47.0 Å².